The van der Waals surface area contributed by atoms with Crippen molar-refractivity contribution < 1.29 is 9.59 Å². The number of nitrogens with one attached hydrogen (secondary N) is 1. The van der Waals surface area contributed by atoms with Gasteiger partial charge in [-0.1, -0.05) is 57.0 Å². The highest BCUT2D eigenvalue weighted by Gasteiger charge is 2.27. The normalized spacial score (nSPS) is 11.8. The van der Waals surface area contributed by atoms with Gasteiger partial charge in [0.25, 0.3) is 0 Å². The van der Waals surface area contributed by atoms with E-state index >= 15 is 0 Å². The molecule has 0 aliphatic heterocycles. The Balaban J connectivity index is 2.92. The lowest BCUT2D eigenvalue weighted by molar-refractivity contribution is -0.141. The molecule has 1 rings (SSSR count). The van der Waals surface area contributed by atoms with Crippen LogP contribution >= 0.6 is 0 Å². The summed E-state index contributed by atoms with van der Waals surface area (Å²) in [4.78, 5) is 26.9. The quantitative estimate of drug-likeness (QED) is 0.662. The van der Waals surface area contributed by atoms with Crippen molar-refractivity contribution in [2.75, 3.05) is 6.54 Å². The summed E-state index contributed by atoms with van der Waals surface area (Å²) in [5.74, 6) is 0.0135. The molecule has 0 saturated carbocycles. The Hall–Kier alpha value is -1.84. The van der Waals surface area contributed by atoms with E-state index in [1.807, 2.05) is 39.0 Å². The zero-order valence-corrected chi connectivity index (χ0v) is 15.6. The molecule has 134 valence electrons. The molecule has 0 aromatic heterocycles. The third-order valence-corrected chi connectivity index (χ3v) is 4.11. The smallest absolute Gasteiger partial charge is 0.242 e. The van der Waals surface area contributed by atoms with Crippen molar-refractivity contribution in [2.24, 2.45) is 0 Å². The summed E-state index contributed by atoms with van der Waals surface area (Å²) >= 11 is 0. The van der Waals surface area contributed by atoms with Gasteiger partial charge in [-0.05, 0) is 31.7 Å². The van der Waals surface area contributed by atoms with Crippen LogP contribution in [-0.2, 0) is 16.1 Å². The lowest BCUT2D eigenvalue weighted by atomic mass is 10.1. The summed E-state index contributed by atoms with van der Waals surface area (Å²) in [7, 11) is 0. The second kappa shape index (κ2) is 10.8. The number of carbonyl (C=O) groups excluding carboxylic acids is 2. The summed E-state index contributed by atoms with van der Waals surface area (Å²) in [5, 5.41) is 2.98. The zero-order chi connectivity index (χ0) is 17.9. The van der Waals surface area contributed by atoms with Crippen molar-refractivity contribution in [1.29, 1.82) is 0 Å². The first-order chi connectivity index (χ1) is 11.5. The van der Waals surface area contributed by atoms with E-state index in [9.17, 15) is 9.59 Å². The van der Waals surface area contributed by atoms with Crippen molar-refractivity contribution in [3.05, 3.63) is 35.4 Å². The number of hydrogen-bond acceptors (Lipinski definition) is 2. The van der Waals surface area contributed by atoms with Crippen LogP contribution in [0.3, 0.4) is 0 Å². The predicted octanol–water partition coefficient (Wildman–Crippen LogP) is 3.82. The lowest BCUT2D eigenvalue weighted by Gasteiger charge is -2.30. The van der Waals surface area contributed by atoms with Gasteiger partial charge in [-0.25, -0.2) is 0 Å². The Morgan fingerprint density at radius 2 is 1.92 bits per heavy atom. The maximum Gasteiger partial charge on any atom is 0.242 e. The number of amides is 2. The highest BCUT2D eigenvalue weighted by atomic mass is 16.2. The number of benzene rings is 1. The van der Waals surface area contributed by atoms with Gasteiger partial charge < -0.3 is 10.2 Å². The van der Waals surface area contributed by atoms with Gasteiger partial charge in [-0.15, -0.1) is 0 Å². The van der Waals surface area contributed by atoms with Crippen LogP contribution in [0.4, 0.5) is 0 Å². The molecule has 1 atom stereocenters. The molecular formula is C20H32N2O2. The molecule has 1 aromatic rings. The number of aryl methyl sites for hydroxylation is 1. The molecule has 0 spiro atoms. The van der Waals surface area contributed by atoms with E-state index in [-0.39, 0.29) is 11.8 Å². The molecule has 0 unspecified atom stereocenters. The molecule has 2 amide bonds. The summed E-state index contributed by atoms with van der Waals surface area (Å²) < 4.78 is 0. The van der Waals surface area contributed by atoms with E-state index in [0.717, 1.165) is 30.4 Å². The summed E-state index contributed by atoms with van der Waals surface area (Å²) in [5.41, 5.74) is 2.23. The first-order valence-electron chi connectivity index (χ1n) is 9.16. The van der Waals surface area contributed by atoms with Crippen LogP contribution in [0, 0.1) is 6.92 Å². The molecule has 0 aliphatic rings. The van der Waals surface area contributed by atoms with Gasteiger partial charge in [0.05, 0.1) is 0 Å². The average molecular weight is 332 g/mol. The zero-order valence-electron chi connectivity index (χ0n) is 15.6. The van der Waals surface area contributed by atoms with Crippen molar-refractivity contribution in [1.82, 2.24) is 10.2 Å². The largest absolute Gasteiger partial charge is 0.354 e. The molecule has 0 heterocycles. The fraction of sp³-hybridized carbons (Fsp3) is 0.600. The fourth-order valence-corrected chi connectivity index (χ4v) is 2.79. The molecule has 0 fully saturated rings. The van der Waals surface area contributed by atoms with Crippen LogP contribution in [0.1, 0.15) is 64.0 Å². The molecule has 4 heteroatoms. The first kappa shape index (κ1) is 20.2. The number of rotatable bonds is 10. The summed E-state index contributed by atoms with van der Waals surface area (Å²) in [6.07, 6.45) is 3.89. The highest BCUT2D eigenvalue weighted by Crippen LogP contribution is 2.15. The highest BCUT2D eigenvalue weighted by molar-refractivity contribution is 5.87. The monoisotopic (exact) mass is 332 g/mol. The standard InChI is InChI=1S/C20H32N2O2/c1-5-8-13-21-20(24)18(7-3)22(19(23)10-6-2)15-17-12-9-11-16(4)14-17/h9,11-12,14,18H,5-8,10,13,15H2,1-4H3,(H,21,24)/t18-/m0/s1. The van der Waals surface area contributed by atoms with Gasteiger partial charge in [0.15, 0.2) is 0 Å². The minimum absolute atomic E-state index is 0.0388. The molecule has 1 N–H and O–H groups in total. The van der Waals surface area contributed by atoms with Gasteiger partial charge in [0.2, 0.25) is 11.8 Å². The van der Waals surface area contributed by atoms with E-state index in [1.54, 1.807) is 4.90 Å². The van der Waals surface area contributed by atoms with E-state index in [1.165, 1.54) is 0 Å². The van der Waals surface area contributed by atoms with Gasteiger partial charge >= 0.3 is 0 Å². The van der Waals surface area contributed by atoms with E-state index in [0.29, 0.717) is 25.9 Å². The Bertz CT molecular complexity index is 528. The van der Waals surface area contributed by atoms with Crippen LogP contribution in [-0.4, -0.2) is 29.3 Å². The van der Waals surface area contributed by atoms with Crippen molar-refractivity contribution in [3.63, 3.8) is 0 Å². The minimum atomic E-state index is -0.401. The third-order valence-electron chi connectivity index (χ3n) is 4.11. The van der Waals surface area contributed by atoms with E-state index in [2.05, 4.69) is 18.3 Å². The predicted molar refractivity (Wildman–Crippen MR) is 98.6 cm³/mol. The summed E-state index contributed by atoms with van der Waals surface area (Å²) in [6, 6.07) is 7.72. The topological polar surface area (TPSA) is 49.4 Å². The second-order valence-electron chi connectivity index (χ2n) is 6.33. The second-order valence-corrected chi connectivity index (χ2v) is 6.33. The maximum absolute atomic E-state index is 12.6. The fourth-order valence-electron chi connectivity index (χ4n) is 2.79. The Morgan fingerprint density at radius 1 is 1.17 bits per heavy atom. The van der Waals surface area contributed by atoms with Gasteiger partial charge in [0.1, 0.15) is 6.04 Å². The van der Waals surface area contributed by atoms with Crippen LogP contribution < -0.4 is 5.32 Å². The molecular weight excluding hydrogens is 300 g/mol. The third kappa shape index (κ3) is 6.34. The SMILES string of the molecule is CCCCNC(=O)[C@H](CC)N(Cc1cccc(C)c1)C(=O)CCC. The molecule has 1 aromatic carbocycles. The molecule has 0 saturated heterocycles. The number of nitrogens with zero attached hydrogens (tertiary/aromatic N) is 1. The van der Waals surface area contributed by atoms with Crippen LogP contribution in [0.25, 0.3) is 0 Å². The summed E-state index contributed by atoms with van der Waals surface area (Å²) in [6.45, 7) is 9.25. The van der Waals surface area contributed by atoms with Crippen LogP contribution in [0.5, 0.6) is 0 Å². The van der Waals surface area contributed by atoms with Gasteiger partial charge in [-0.2, -0.15) is 0 Å². The Morgan fingerprint density at radius 3 is 2.50 bits per heavy atom. The molecule has 24 heavy (non-hydrogen) atoms. The molecule has 0 aliphatic carbocycles. The van der Waals surface area contributed by atoms with Gasteiger partial charge in [-0.3, -0.25) is 9.59 Å². The minimum Gasteiger partial charge on any atom is -0.354 e. The Labute approximate surface area is 146 Å². The van der Waals surface area contributed by atoms with Crippen LogP contribution in [0.15, 0.2) is 24.3 Å². The number of unbranched alkanes of at least 4 members (excludes halogenated alkanes) is 1. The number of carbonyl (C=O) groups is 2. The van der Waals surface area contributed by atoms with Crippen molar-refractivity contribution in [2.45, 2.75) is 72.4 Å². The lowest BCUT2D eigenvalue weighted by Crippen LogP contribution is -2.49. The average Bonchev–Trinajstić information content (AvgIpc) is 2.55. The van der Waals surface area contributed by atoms with Crippen LogP contribution in [0.2, 0.25) is 0 Å². The van der Waals surface area contributed by atoms with Crippen molar-refractivity contribution >= 4 is 11.8 Å². The van der Waals surface area contributed by atoms with E-state index in [4.69, 9.17) is 0 Å². The molecule has 4 nitrogen and oxygen atoms in total. The first-order valence-corrected chi connectivity index (χ1v) is 9.16. The Kier molecular flexibility index (Phi) is 9.13. The maximum atomic E-state index is 12.6. The van der Waals surface area contributed by atoms with Gasteiger partial charge in [0, 0.05) is 19.5 Å². The number of hydrogen-bond donors (Lipinski definition) is 1. The van der Waals surface area contributed by atoms with E-state index < -0.39 is 6.04 Å². The van der Waals surface area contributed by atoms with Crippen molar-refractivity contribution in [3.8, 4) is 0 Å². The molecule has 0 radical (unpaired) electrons. The molecule has 0 bridgehead atoms.